The van der Waals surface area contributed by atoms with Crippen LogP contribution in [0.3, 0.4) is 0 Å². The first kappa shape index (κ1) is 22.3. The molecule has 172 valence electrons. The first-order valence-corrected chi connectivity index (χ1v) is 11.6. The lowest BCUT2D eigenvalue weighted by Crippen LogP contribution is -2.55. The zero-order chi connectivity index (χ0) is 22.5. The van der Waals surface area contributed by atoms with Crippen LogP contribution in [0.1, 0.15) is 16.7 Å². The minimum atomic E-state index is -0.362. The van der Waals surface area contributed by atoms with E-state index in [0.29, 0.717) is 19.8 Å². The number of aliphatic hydroxyl groups excluding tert-OH is 1. The molecule has 6 atom stereocenters. The minimum absolute atomic E-state index is 0.0166. The van der Waals surface area contributed by atoms with Crippen LogP contribution < -0.4 is 0 Å². The van der Waals surface area contributed by atoms with Gasteiger partial charge in [-0.3, -0.25) is 0 Å². The fourth-order valence-corrected chi connectivity index (χ4v) is 4.66. The van der Waals surface area contributed by atoms with Crippen molar-refractivity contribution in [3.8, 4) is 0 Å². The summed E-state index contributed by atoms with van der Waals surface area (Å²) in [5, 5.41) is 10.2. The molecule has 0 aromatic heterocycles. The van der Waals surface area contributed by atoms with E-state index in [1.807, 2.05) is 91.0 Å². The van der Waals surface area contributed by atoms with Gasteiger partial charge >= 0.3 is 0 Å². The van der Waals surface area contributed by atoms with Gasteiger partial charge in [0.2, 0.25) is 0 Å². The molecule has 3 aromatic carbocycles. The quantitative estimate of drug-likeness (QED) is 0.475. The molecule has 1 aliphatic carbocycles. The Hall–Kier alpha value is -2.54. The Morgan fingerprint density at radius 3 is 1.42 bits per heavy atom. The monoisotopic (exact) mass is 446 g/mol. The predicted molar refractivity (Wildman–Crippen MR) is 124 cm³/mol. The number of benzene rings is 3. The van der Waals surface area contributed by atoms with E-state index in [0.717, 1.165) is 16.7 Å². The van der Waals surface area contributed by atoms with Gasteiger partial charge in [-0.15, -0.1) is 0 Å². The van der Waals surface area contributed by atoms with Crippen LogP contribution in [-0.4, -0.2) is 42.2 Å². The van der Waals surface area contributed by atoms with Gasteiger partial charge in [-0.25, -0.2) is 0 Å². The molecule has 1 saturated heterocycles. The SMILES string of the molecule is OC[C@@H]1[C@@H](OCc2ccccc2)[C@H](OCc2ccccc2)[C@@H](OCc2ccccc2)[C@H]2O[C@H]12. The van der Waals surface area contributed by atoms with E-state index in [9.17, 15) is 5.11 Å². The highest BCUT2D eigenvalue weighted by Crippen LogP contribution is 2.45. The molecule has 0 radical (unpaired) electrons. The summed E-state index contributed by atoms with van der Waals surface area (Å²) < 4.78 is 25.3. The molecule has 0 spiro atoms. The van der Waals surface area contributed by atoms with Crippen molar-refractivity contribution in [3.63, 3.8) is 0 Å². The van der Waals surface area contributed by atoms with Crippen LogP contribution in [0, 0.1) is 5.92 Å². The summed E-state index contributed by atoms with van der Waals surface area (Å²) in [6, 6.07) is 30.3. The number of rotatable bonds is 10. The van der Waals surface area contributed by atoms with Gasteiger partial charge in [-0.05, 0) is 16.7 Å². The fourth-order valence-electron chi connectivity index (χ4n) is 4.66. The Bertz CT molecular complexity index is 981. The van der Waals surface area contributed by atoms with Crippen LogP contribution in [0.2, 0.25) is 0 Å². The van der Waals surface area contributed by atoms with Crippen molar-refractivity contribution >= 4 is 0 Å². The average molecular weight is 447 g/mol. The lowest BCUT2D eigenvalue weighted by molar-refractivity contribution is -0.182. The number of hydrogen-bond acceptors (Lipinski definition) is 5. The normalized spacial score (nSPS) is 28.3. The van der Waals surface area contributed by atoms with Crippen LogP contribution in [0.5, 0.6) is 0 Å². The van der Waals surface area contributed by atoms with Crippen LogP contribution in [-0.2, 0) is 38.8 Å². The Balaban J connectivity index is 1.35. The molecule has 33 heavy (non-hydrogen) atoms. The van der Waals surface area contributed by atoms with E-state index in [1.165, 1.54) is 0 Å². The van der Waals surface area contributed by atoms with Crippen molar-refractivity contribution < 1.29 is 24.1 Å². The van der Waals surface area contributed by atoms with Crippen molar-refractivity contribution in [2.24, 2.45) is 5.92 Å². The highest BCUT2D eigenvalue weighted by Gasteiger charge is 2.62. The second-order valence-corrected chi connectivity index (χ2v) is 8.70. The van der Waals surface area contributed by atoms with Gasteiger partial charge < -0.3 is 24.1 Å². The maximum Gasteiger partial charge on any atom is 0.115 e. The highest BCUT2D eigenvalue weighted by atomic mass is 16.6. The summed E-state index contributed by atoms with van der Waals surface area (Å²) in [7, 11) is 0. The standard InChI is InChI=1S/C28H30O5/c29-16-23-24(30-17-20-10-4-1-5-11-20)26(31-18-21-12-6-2-7-13-21)27(28-25(23)33-28)32-19-22-14-8-3-9-15-22/h1-15,23-29H,16-19H2/t23-,24-,25-,26+,27-,28+/m1/s1. The molecule has 1 aliphatic heterocycles. The van der Waals surface area contributed by atoms with Crippen LogP contribution in [0.25, 0.3) is 0 Å². The van der Waals surface area contributed by atoms with Gasteiger partial charge in [0.1, 0.15) is 18.3 Å². The van der Waals surface area contributed by atoms with Gasteiger partial charge in [0.15, 0.2) is 0 Å². The summed E-state index contributed by atoms with van der Waals surface area (Å²) in [5.74, 6) is -0.156. The number of fused-ring (bicyclic) bond motifs is 1. The van der Waals surface area contributed by atoms with Gasteiger partial charge in [-0.2, -0.15) is 0 Å². The molecule has 3 aromatic rings. The van der Waals surface area contributed by atoms with Gasteiger partial charge in [0, 0.05) is 5.92 Å². The molecule has 2 fully saturated rings. The zero-order valence-corrected chi connectivity index (χ0v) is 18.5. The summed E-state index contributed by atoms with van der Waals surface area (Å²) in [4.78, 5) is 0. The molecule has 5 rings (SSSR count). The molecule has 5 nitrogen and oxygen atoms in total. The third kappa shape index (κ3) is 5.35. The van der Waals surface area contributed by atoms with Gasteiger partial charge in [0.25, 0.3) is 0 Å². The molecule has 1 N–H and O–H groups in total. The molecule has 1 heterocycles. The molecule has 5 heteroatoms. The Labute approximate surface area is 194 Å². The van der Waals surface area contributed by atoms with Gasteiger partial charge in [0.05, 0.1) is 38.6 Å². The topological polar surface area (TPSA) is 60.5 Å². The van der Waals surface area contributed by atoms with E-state index < -0.39 is 0 Å². The number of ether oxygens (including phenoxy) is 4. The van der Waals surface area contributed by atoms with Gasteiger partial charge in [-0.1, -0.05) is 91.0 Å². The van der Waals surface area contributed by atoms with Crippen molar-refractivity contribution in [1.82, 2.24) is 0 Å². The molecular weight excluding hydrogens is 416 g/mol. The molecular formula is C28H30O5. The van der Waals surface area contributed by atoms with E-state index in [4.69, 9.17) is 18.9 Å². The second kappa shape index (κ2) is 10.6. The molecule has 1 saturated carbocycles. The Kier molecular flexibility index (Phi) is 7.15. The second-order valence-electron chi connectivity index (χ2n) is 8.70. The largest absolute Gasteiger partial charge is 0.396 e. The summed E-state index contributed by atoms with van der Waals surface area (Å²) >= 11 is 0. The maximum atomic E-state index is 10.2. The maximum absolute atomic E-state index is 10.2. The lowest BCUT2D eigenvalue weighted by Gasteiger charge is -2.39. The Morgan fingerprint density at radius 1 is 0.545 bits per heavy atom. The summed E-state index contributed by atoms with van der Waals surface area (Å²) in [5.41, 5.74) is 3.26. The van der Waals surface area contributed by atoms with Crippen molar-refractivity contribution in [3.05, 3.63) is 108 Å². The van der Waals surface area contributed by atoms with Crippen LogP contribution in [0.4, 0.5) is 0 Å². The summed E-state index contributed by atoms with van der Waals surface area (Å²) in [6.45, 7) is 1.34. The molecule has 0 unspecified atom stereocenters. The van der Waals surface area contributed by atoms with Crippen molar-refractivity contribution in [1.29, 1.82) is 0 Å². The summed E-state index contributed by atoms with van der Waals surface area (Å²) in [6.07, 6.45) is -1.15. The number of epoxide rings is 1. The van der Waals surface area contributed by atoms with Crippen molar-refractivity contribution in [2.75, 3.05) is 6.61 Å². The zero-order valence-electron chi connectivity index (χ0n) is 18.5. The number of aliphatic hydroxyl groups is 1. The Morgan fingerprint density at radius 2 is 0.970 bits per heavy atom. The van der Waals surface area contributed by atoms with E-state index >= 15 is 0 Å². The predicted octanol–water partition coefficient (Wildman–Crippen LogP) is 4.13. The fraction of sp³-hybridized carbons (Fsp3) is 0.357. The van der Waals surface area contributed by atoms with E-state index in [-0.39, 0.29) is 43.0 Å². The number of hydrogen-bond donors (Lipinski definition) is 1. The van der Waals surface area contributed by atoms with Crippen molar-refractivity contribution in [2.45, 2.75) is 50.3 Å². The third-order valence-electron chi connectivity index (χ3n) is 6.44. The first-order chi connectivity index (χ1) is 16.3. The average Bonchev–Trinajstić information content (AvgIpc) is 3.67. The highest BCUT2D eigenvalue weighted by molar-refractivity contribution is 5.17. The minimum Gasteiger partial charge on any atom is -0.396 e. The smallest absolute Gasteiger partial charge is 0.115 e. The van der Waals surface area contributed by atoms with Crippen LogP contribution in [0.15, 0.2) is 91.0 Å². The third-order valence-corrected chi connectivity index (χ3v) is 6.44. The van der Waals surface area contributed by atoms with E-state index in [1.54, 1.807) is 0 Å². The van der Waals surface area contributed by atoms with Crippen LogP contribution >= 0.6 is 0 Å². The molecule has 0 amide bonds. The van der Waals surface area contributed by atoms with E-state index in [2.05, 4.69) is 0 Å². The molecule has 0 bridgehead atoms. The lowest BCUT2D eigenvalue weighted by atomic mass is 9.82. The molecule has 2 aliphatic rings. The first-order valence-electron chi connectivity index (χ1n) is 11.6.